The molecular weight excluding hydrogens is 445 g/mol. The van der Waals surface area contributed by atoms with Crippen LogP contribution in [-0.2, 0) is 17.5 Å². The van der Waals surface area contributed by atoms with Gasteiger partial charge in [0.25, 0.3) is 5.91 Å². The smallest absolute Gasteiger partial charge is 0.349 e. The SMILES string of the molecule is O=C(NCc1ccccn1)[C@@H](C1CCCC1)N1CCN(C(=O)c2ccc(C(F)(F)F)cc2)CC1. The van der Waals surface area contributed by atoms with E-state index >= 15 is 0 Å². The van der Waals surface area contributed by atoms with Gasteiger partial charge >= 0.3 is 6.18 Å². The highest BCUT2D eigenvalue weighted by Crippen LogP contribution is 2.32. The molecule has 4 rings (SSSR count). The van der Waals surface area contributed by atoms with Crippen molar-refractivity contribution in [1.29, 1.82) is 0 Å². The van der Waals surface area contributed by atoms with Gasteiger partial charge in [0.05, 0.1) is 23.8 Å². The van der Waals surface area contributed by atoms with Gasteiger partial charge in [0, 0.05) is 37.9 Å². The number of pyridine rings is 1. The van der Waals surface area contributed by atoms with Crippen molar-refractivity contribution in [3.8, 4) is 0 Å². The molecule has 2 amide bonds. The van der Waals surface area contributed by atoms with Gasteiger partial charge in [-0.05, 0) is 55.2 Å². The molecule has 0 spiro atoms. The van der Waals surface area contributed by atoms with E-state index in [2.05, 4.69) is 15.2 Å². The molecule has 0 unspecified atom stereocenters. The third-order valence-electron chi connectivity index (χ3n) is 6.74. The van der Waals surface area contributed by atoms with E-state index in [1.54, 1.807) is 11.1 Å². The lowest BCUT2D eigenvalue weighted by Crippen LogP contribution is -2.57. The average Bonchev–Trinajstić information content (AvgIpc) is 3.37. The topological polar surface area (TPSA) is 65.5 Å². The fourth-order valence-corrected chi connectivity index (χ4v) is 4.92. The molecule has 1 N–H and O–H groups in total. The molecule has 1 atom stereocenters. The van der Waals surface area contributed by atoms with E-state index in [1.165, 1.54) is 12.1 Å². The van der Waals surface area contributed by atoms with Crippen molar-refractivity contribution < 1.29 is 22.8 Å². The third-order valence-corrected chi connectivity index (χ3v) is 6.74. The monoisotopic (exact) mass is 474 g/mol. The summed E-state index contributed by atoms with van der Waals surface area (Å²) >= 11 is 0. The molecule has 1 saturated carbocycles. The Labute approximate surface area is 197 Å². The molecule has 0 radical (unpaired) electrons. The zero-order chi connectivity index (χ0) is 24.1. The largest absolute Gasteiger partial charge is 0.416 e. The van der Waals surface area contributed by atoms with Crippen LogP contribution in [0.1, 0.15) is 47.3 Å². The summed E-state index contributed by atoms with van der Waals surface area (Å²) in [6.45, 7) is 2.32. The second-order valence-electron chi connectivity index (χ2n) is 8.93. The van der Waals surface area contributed by atoms with E-state index in [1.807, 2.05) is 18.2 Å². The van der Waals surface area contributed by atoms with Crippen LogP contribution in [-0.4, -0.2) is 58.8 Å². The Morgan fingerprint density at radius 1 is 1.00 bits per heavy atom. The molecule has 2 heterocycles. The Balaban J connectivity index is 1.37. The van der Waals surface area contributed by atoms with Crippen LogP contribution in [0.5, 0.6) is 0 Å². The molecule has 1 aromatic carbocycles. The van der Waals surface area contributed by atoms with Crippen LogP contribution in [0.4, 0.5) is 13.2 Å². The first-order valence-electron chi connectivity index (χ1n) is 11.7. The summed E-state index contributed by atoms with van der Waals surface area (Å²) in [4.78, 5) is 34.1. The first kappa shape index (κ1) is 24.2. The van der Waals surface area contributed by atoms with Gasteiger partial charge in [0.15, 0.2) is 0 Å². The van der Waals surface area contributed by atoms with Crippen molar-refractivity contribution in [2.24, 2.45) is 5.92 Å². The van der Waals surface area contributed by atoms with Crippen LogP contribution in [0, 0.1) is 5.92 Å². The number of rotatable bonds is 6. The summed E-state index contributed by atoms with van der Waals surface area (Å²) in [6, 6.07) is 9.66. The fraction of sp³-hybridized carbons (Fsp3) is 0.480. The van der Waals surface area contributed by atoms with E-state index in [0.717, 1.165) is 43.5 Å². The summed E-state index contributed by atoms with van der Waals surface area (Å²) in [7, 11) is 0. The van der Waals surface area contributed by atoms with Gasteiger partial charge in [-0.15, -0.1) is 0 Å². The number of carbonyl (C=O) groups is 2. The normalized spacial score (nSPS) is 18.6. The molecule has 9 heteroatoms. The molecule has 2 fully saturated rings. The fourth-order valence-electron chi connectivity index (χ4n) is 4.92. The lowest BCUT2D eigenvalue weighted by molar-refractivity contribution is -0.137. The molecule has 6 nitrogen and oxygen atoms in total. The number of carbonyl (C=O) groups excluding carboxylic acids is 2. The maximum absolute atomic E-state index is 13.2. The molecule has 182 valence electrons. The van der Waals surface area contributed by atoms with Gasteiger partial charge in [-0.2, -0.15) is 13.2 Å². The quantitative estimate of drug-likeness (QED) is 0.693. The Kier molecular flexibility index (Phi) is 7.50. The van der Waals surface area contributed by atoms with Gasteiger partial charge in [0.1, 0.15) is 0 Å². The van der Waals surface area contributed by atoms with Gasteiger partial charge in [0.2, 0.25) is 5.91 Å². The second kappa shape index (κ2) is 10.5. The van der Waals surface area contributed by atoms with Crippen molar-refractivity contribution in [2.75, 3.05) is 26.2 Å². The summed E-state index contributed by atoms with van der Waals surface area (Å²) in [5, 5.41) is 3.03. The minimum Gasteiger partial charge on any atom is -0.349 e. The molecule has 34 heavy (non-hydrogen) atoms. The third kappa shape index (κ3) is 5.75. The number of halogens is 3. The number of hydrogen-bond donors (Lipinski definition) is 1. The maximum Gasteiger partial charge on any atom is 0.416 e. The molecule has 2 aliphatic rings. The number of nitrogens with zero attached hydrogens (tertiary/aromatic N) is 3. The summed E-state index contributed by atoms with van der Waals surface area (Å²) in [6.07, 6.45) is 1.50. The first-order valence-corrected chi connectivity index (χ1v) is 11.7. The van der Waals surface area contributed by atoms with Crippen molar-refractivity contribution in [1.82, 2.24) is 20.1 Å². The molecule has 1 saturated heterocycles. The van der Waals surface area contributed by atoms with Crippen LogP contribution in [0.15, 0.2) is 48.7 Å². The molecular formula is C25H29F3N4O2. The molecule has 1 aliphatic heterocycles. The summed E-state index contributed by atoms with van der Waals surface area (Å²) in [5.74, 6) is -0.0219. The minimum absolute atomic E-state index is 0.0138. The lowest BCUT2D eigenvalue weighted by atomic mass is 9.95. The van der Waals surface area contributed by atoms with E-state index in [-0.39, 0.29) is 29.3 Å². The molecule has 1 aliphatic carbocycles. The number of aromatic nitrogens is 1. The number of amides is 2. The Morgan fingerprint density at radius 2 is 1.68 bits per heavy atom. The predicted molar refractivity (Wildman–Crippen MR) is 121 cm³/mol. The van der Waals surface area contributed by atoms with Crippen LogP contribution in [0.3, 0.4) is 0 Å². The van der Waals surface area contributed by atoms with Gasteiger partial charge in [-0.1, -0.05) is 18.9 Å². The van der Waals surface area contributed by atoms with Crippen LogP contribution < -0.4 is 5.32 Å². The number of benzene rings is 1. The van der Waals surface area contributed by atoms with E-state index in [0.29, 0.717) is 32.7 Å². The van der Waals surface area contributed by atoms with E-state index in [4.69, 9.17) is 0 Å². The second-order valence-corrected chi connectivity index (χ2v) is 8.93. The maximum atomic E-state index is 13.2. The number of piperazine rings is 1. The highest BCUT2D eigenvalue weighted by molar-refractivity contribution is 5.94. The van der Waals surface area contributed by atoms with Crippen molar-refractivity contribution >= 4 is 11.8 Å². The van der Waals surface area contributed by atoms with Gasteiger partial charge < -0.3 is 10.2 Å². The highest BCUT2D eigenvalue weighted by Gasteiger charge is 2.37. The van der Waals surface area contributed by atoms with Crippen LogP contribution >= 0.6 is 0 Å². The minimum atomic E-state index is -4.43. The van der Waals surface area contributed by atoms with Crippen molar-refractivity contribution in [2.45, 2.75) is 44.4 Å². The predicted octanol–water partition coefficient (Wildman–Crippen LogP) is 3.73. The van der Waals surface area contributed by atoms with E-state index in [9.17, 15) is 22.8 Å². The van der Waals surface area contributed by atoms with Crippen molar-refractivity contribution in [3.63, 3.8) is 0 Å². The first-order chi connectivity index (χ1) is 16.3. The number of alkyl halides is 3. The number of nitrogens with one attached hydrogen (secondary N) is 1. The van der Waals surface area contributed by atoms with Crippen LogP contribution in [0.2, 0.25) is 0 Å². The van der Waals surface area contributed by atoms with Gasteiger partial charge in [-0.25, -0.2) is 0 Å². The zero-order valence-electron chi connectivity index (χ0n) is 18.9. The van der Waals surface area contributed by atoms with Crippen molar-refractivity contribution in [3.05, 3.63) is 65.5 Å². The summed E-state index contributed by atoms with van der Waals surface area (Å²) in [5.41, 5.74) is 0.264. The standard InChI is InChI=1S/C25H29F3N4O2/c26-25(27,28)20-10-8-19(9-11-20)24(34)32-15-13-31(14-16-32)22(18-5-1-2-6-18)23(33)30-17-21-7-3-4-12-29-21/h3-4,7-12,18,22H,1-2,5-6,13-17H2,(H,30,33)/t22-/m1/s1. The van der Waals surface area contributed by atoms with Gasteiger partial charge in [-0.3, -0.25) is 19.5 Å². The zero-order valence-corrected chi connectivity index (χ0v) is 18.9. The lowest BCUT2D eigenvalue weighted by Gasteiger charge is -2.40. The van der Waals surface area contributed by atoms with E-state index < -0.39 is 11.7 Å². The Hall–Kier alpha value is -2.94. The number of hydrogen-bond acceptors (Lipinski definition) is 4. The summed E-state index contributed by atoms with van der Waals surface area (Å²) < 4.78 is 38.4. The molecule has 1 aromatic heterocycles. The Bertz CT molecular complexity index is 968. The highest BCUT2D eigenvalue weighted by atomic mass is 19.4. The molecule has 0 bridgehead atoms. The average molecular weight is 475 g/mol. The molecule has 2 aromatic rings. The Morgan fingerprint density at radius 3 is 2.26 bits per heavy atom. The van der Waals surface area contributed by atoms with Crippen LogP contribution in [0.25, 0.3) is 0 Å².